The Morgan fingerprint density at radius 1 is 0.755 bits per heavy atom. The van der Waals surface area contributed by atoms with Crippen molar-refractivity contribution >= 4 is 118 Å². The van der Waals surface area contributed by atoms with Crippen molar-refractivity contribution in [2.75, 3.05) is 10.6 Å². The van der Waals surface area contributed by atoms with Gasteiger partial charge in [0.15, 0.2) is 5.78 Å². The number of allylic oxidation sites excluding steroid dienone is 2. The lowest BCUT2D eigenvalue weighted by Crippen LogP contribution is -2.20. The van der Waals surface area contributed by atoms with Crippen molar-refractivity contribution in [3.63, 3.8) is 0 Å². The zero-order valence-corrected chi connectivity index (χ0v) is 33.4. The van der Waals surface area contributed by atoms with Gasteiger partial charge in [0, 0.05) is 31.7 Å². The smallest absolute Gasteiger partial charge is 0.276 e. The predicted molar refractivity (Wildman–Crippen MR) is 215 cm³/mol. The number of imidazole rings is 2. The molecule has 0 aliphatic heterocycles. The number of benzene rings is 1. The first-order valence-corrected chi connectivity index (χ1v) is 16.5. The van der Waals surface area contributed by atoms with Crippen LogP contribution in [0.15, 0.2) is 48.6 Å². The zero-order valence-electron chi connectivity index (χ0n) is 29.3. The molecule has 0 spiro atoms. The van der Waals surface area contributed by atoms with Crippen LogP contribution in [0.1, 0.15) is 73.2 Å². The van der Waals surface area contributed by atoms with Gasteiger partial charge in [0.05, 0.1) is 27.3 Å². The van der Waals surface area contributed by atoms with Crippen molar-refractivity contribution in [2.24, 2.45) is 5.73 Å². The minimum atomic E-state index is -0.565. The van der Waals surface area contributed by atoms with Gasteiger partial charge in [-0.05, 0) is 71.0 Å². The van der Waals surface area contributed by atoms with Gasteiger partial charge in [-0.1, -0.05) is 12.2 Å². The molecule has 6 aromatic rings. The maximum absolute atomic E-state index is 13.4. The van der Waals surface area contributed by atoms with E-state index in [-0.39, 0.29) is 73.8 Å². The quantitative estimate of drug-likeness (QED) is 0.0954. The second-order valence-electron chi connectivity index (χ2n) is 11.4. The Morgan fingerprint density at radius 3 is 1.77 bits per heavy atom. The molecule has 15 nitrogen and oxygen atoms in total. The Hall–Kier alpha value is -4.74. The highest BCUT2D eigenvalue weighted by atomic mass is 35.5. The van der Waals surface area contributed by atoms with Gasteiger partial charge < -0.3 is 10.3 Å². The number of amides is 3. The summed E-state index contributed by atoms with van der Waals surface area (Å²) in [7, 11) is 0. The van der Waals surface area contributed by atoms with Crippen LogP contribution in [-0.2, 0) is 26.2 Å². The number of nitrogens with zero attached hydrogens (tertiary/aromatic N) is 8. The fourth-order valence-electron chi connectivity index (χ4n) is 5.56. The summed E-state index contributed by atoms with van der Waals surface area (Å²) in [6.07, 6.45) is 3.78. The Kier molecular flexibility index (Phi) is 15.4. The third-order valence-corrected chi connectivity index (χ3v) is 9.04. The molecular weight excluding hydrogens is 788 g/mol. The summed E-state index contributed by atoms with van der Waals surface area (Å²) in [6, 6.07) is 10.3. The van der Waals surface area contributed by atoms with Crippen molar-refractivity contribution in [1.82, 2.24) is 38.7 Å². The number of aryl methyl sites for hydroxylation is 4. The van der Waals surface area contributed by atoms with Gasteiger partial charge in [0.1, 0.15) is 21.7 Å². The van der Waals surface area contributed by atoms with E-state index in [1.807, 2.05) is 44.4 Å². The molecule has 0 saturated heterocycles. The average molecular weight is 828 g/mol. The number of fused-ring (bicyclic) bond motifs is 2. The van der Waals surface area contributed by atoms with E-state index in [9.17, 15) is 19.2 Å². The van der Waals surface area contributed by atoms with E-state index >= 15 is 0 Å². The minimum Gasteiger partial charge on any atom is -0.365 e. The van der Waals surface area contributed by atoms with Gasteiger partial charge >= 0.3 is 0 Å². The summed E-state index contributed by atoms with van der Waals surface area (Å²) in [5.74, 6) is -0.786. The molecule has 0 fully saturated rings. The molecule has 5 heterocycles. The van der Waals surface area contributed by atoms with Gasteiger partial charge in [-0.15, -0.1) is 61.0 Å². The number of anilines is 2. The van der Waals surface area contributed by atoms with E-state index in [1.165, 1.54) is 18.3 Å². The van der Waals surface area contributed by atoms with Gasteiger partial charge in [0.25, 0.3) is 17.7 Å². The molecule has 6 rings (SSSR count). The number of hydrogen-bond acceptors (Lipinski definition) is 9. The molecular formula is C33H39Cl4N11O4S. The molecule has 0 atom stereocenters. The van der Waals surface area contributed by atoms with Gasteiger partial charge in [-0.2, -0.15) is 10.2 Å². The zero-order chi connectivity index (χ0) is 35.0. The van der Waals surface area contributed by atoms with Crippen LogP contribution < -0.4 is 16.4 Å². The molecule has 0 aliphatic carbocycles. The van der Waals surface area contributed by atoms with Crippen LogP contribution in [0.5, 0.6) is 0 Å². The number of ketones is 1. The summed E-state index contributed by atoms with van der Waals surface area (Å²) in [5.41, 5.74) is 10.1. The van der Waals surface area contributed by atoms with Gasteiger partial charge in [-0.25, -0.2) is 9.97 Å². The van der Waals surface area contributed by atoms with Crippen LogP contribution in [-0.4, -0.2) is 62.2 Å². The average Bonchev–Trinajstić information content (AvgIpc) is 3.87. The molecule has 284 valence electrons. The van der Waals surface area contributed by atoms with E-state index in [1.54, 1.807) is 50.3 Å². The number of nitrogens with one attached hydrogen (secondary N) is 2. The van der Waals surface area contributed by atoms with Crippen LogP contribution in [0.25, 0.3) is 21.4 Å². The molecule has 0 radical (unpaired) electrons. The number of Topliss-reactive ketones (excluding diaryl/α,β-unsaturated/α-hetero) is 1. The highest BCUT2D eigenvalue weighted by Gasteiger charge is 2.21. The highest BCUT2D eigenvalue weighted by molar-refractivity contribution is 7.20. The fraction of sp³-hybridized carbons (Fsp3) is 0.273. The van der Waals surface area contributed by atoms with E-state index in [0.717, 1.165) is 16.9 Å². The van der Waals surface area contributed by atoms with E-state index in [4.69, 9.17) is 5.73 Å². The molecule has 0 unspecified atom stereocenters. The monoisotopic (exact) mass is 825 g/mol. The van der Waals surface area contributed by atoms with Gasteiger partial charge in [-0.3, -0.25) is 43.7 Å². The van der Waals surface area contributed by atoms with Crippen molar-refractivity contribution < 1.29 is 19.2 Å². The number of aromatic nitrogens is 8. The molecule has 0 bridgehead atoms. The molecule has 5 aromatic heterocycles. The number of carbonyl (C=O) groups is 4. The Balaban J connectivity index is 0.00000243. The first kappa shape index (κ1) is 44.4. The SMILES string of the molecule is CCn1nc(C)cc1C(=O)Nc1nc2cc(C(C)=O)ccc2n1C/C=C/Cn1c(NC(=O)c2cc(C)nn2CC)nc2cc(C(N)=O)sc21.Cl.Cl.Cl.Cl. The van der Waals surface area contributed by atoms with Crippen molar-refractivity contribution in [2.45, 2.75) is 60.8 Å². The summed E-state index contributed by atoms with van der Waals surface area (Å²) in [6.45, 7) is 10.6. The summed E-state index contributed by atoms with van der Waals surface area (Å²) in [4.78, 5) is 61.0. The van der Waals surface area contributed by atoms with Crippen LogP contribution in [0.2, 0.25) is 0 Å². The number of rotatable bonds is 12. The number of hydrogen-bond donors (Lipinski definition) is 3. The van der Waals surface area contributed by atoms with Crippen molar-refractivity contribution in [1.29, 1.82) is 0 Å². The number of nitrogens with two attached hydrogens (primary N) is 1. The Labute approximate surface area is 333 Å². The van der Waals surface area contributed by atoms with Crippen LogP contribution in [0, 0.1) is 13.8 Å². The summed E-state index contributed by atoms with van der Waals surface area (Å²) in [5, 5.41) is 14.6. The molecule has 0 aliphatic rings. The van der Waals surface area contributed by atoms with E-state index in [2.05, 4.69) is 30.8 Å². The molecule has 0 saturated carbocycles. The van der Waals surface area contributed by atoms with Crippen molar-refractivity contribution in [3.8, 4) is 0 Å². The highest BCUT2D eigenvalue weighted by Crippen LogP contribution is 2.29. The number of halogens is 4. The third kappa shape index (κ3) is 9.08. The first-order valence-electron chi connectivity index (χ1n) is 15.6. The standard InChI is InChI=1S/C33H35N11O4S.4ClH/c1-6-43-25(14-18(3)39-43)29(47)37-32-35-22-16-21(20(5)45)10-11-24(22)41(32)12-8-9-13-42-31-23(17-27(49-31)28(34)46)36-33(42)38-30(48)26-15-19(4)40-44(26)7-2;;;;/h8-11,14-17H,6-7,12-13H2,1-5H3,(H2,34,46)(H,35,37,47)(H,36,38,48);4*1H/b9-8+;;;;. The minimum absolute atomic E-state index is 0. The van der Waals surface area contributed by atoms with Gasteiger partial charge in [0.2, 0.25) is 11.9 Å². The lowest BCUT2D eigenvalue weighted by Gasteiger charge is -2.10. The summed E-state index contributed by atoms with van der Waals surface area (Å²) >= 11 is 1.19. The van der Waals surface area contributed by atoms with Crippen LogP contribution in [0.4, 0.5) is 11.9 Å². The Bertz CT molecular complexity index is 2320. The van der Waals surface area contributed by atoms with Crippen LogP contribution in [0.3, 0.4) is 0 Å². The second-order valence-corrected chi connectivity index (χ2v) is 12.4. The second kappa shape index (κ2) is 18.3. The van der Waals surface area contributed by atoms with Crippen LogP contribution >= 0.6 is 61.0 Å². The third-order valence-electron chi connectivity index (χ3n) is 7.88. The number of thiophene rings is 1. The lowest BCUT2D eigenvalue weighted by atomic mass is 10.1. The predicted octanol–water partition coefficient (Wildman–Crippen LogP) is 6.25. The number of primary amides is 1. The molecule has 53 heavy (non-hydrogen) atoms. The fourth-order valence-corrected chi connectivity index (χ4v) is 6.52. The summed E-state index contributed by atoms with van der Waals surface area (Å²) < 4.78 is 6.87. The lowest BCUT2D eigenvalue weighted by molar-refractivity contribution is 0.0997. The number of carbonyl (C=O) groups excluding carboxylic acids is 4. The maximum atomic E-state index is 13.4. The molecule has 20 heteroatoms. The maximum Gasteiger partial charge on any atom is 0.276 e. The first-order chi connectivity index (χ1) is 23.5. The molecule has 1 aromatic carbocycles. The van der Waals surface area contributed by atoms with E-state index in [0.29, 0.717) is 69.2 Å². The van der Waals surface area contributed by atoms with Crippen molar-refractivity contribution in [3.05, 3.63) is 81.8 Å². The van der Waals surface area contributed by atoms with E-state index < -0.39 is 5.91 Å². The normalized spacial score (nSPS) is 10.7. The largest absolute Gasteiger partial charge is 0.365 e. The molecule has 3 amide bonds. The topological polar surface area (TPSA) is 190 Å². The molecule has 4 N–H and O–H groups in total. The Morgan fingerprint density at radius 2 is 1.26 bits per heavy atom.